The molecule has 8 heteroatoms. The van der Waals surface area contributed by atoms with Crippen LogP contribution < -0.4 is 4.90 Å². The van der Waals surface area contributed by atoms with E-state index in [1.54, 1.807) is 11.0 Å². The van der Waals surface area contributed by atoms with Crippen LogP contribution >= 0.6 is 0 Å². The van der Waals surface area contributed by atoms with Crippen molar-refractivity contribution in [2.75, 3.05) is 31.2 Å². The van der Waals surface area contributed by atoms with E-state index in [4.69, 9.17) is 4.74 Å². The molecule has 3 heterocycles. The quantitative estimate of drug-likeness (QED) is 0.559. The number of hydrogen-bond acceptors (Lipinski definition) is 6. The maximum atomic E-state index is 13.4. The molecule has 1 saturated heterocycles. The predicted octanol–water partition coefficient (Wildman–Crippen LogP) is 3.63. The molecule has 0 spiro atoms. The van der Waals surface area contributed by atoms with Gasteiger partial charge in [-0.15, -0.1) is 0 Å². The maximum absolute atomic E-state index is 13.4. The van der Waals surface area contributed by atoms with Crippen LogP contribution in [0.15, 0.2) is 30.3 Å². The monoisotopic (exact) mass is 448 g/mol. The van der Waals surface area contributed by atoms with Crippen molar-refractivity contribution in [2.45, 2.75) is 39.3 Å². The molecule has 0 aliphatic carbocycles. The van der Waals surface area contributed by atoms with Gasteiger partial charge in [0.2, 0.25) is 0 Å². The van der Waals surface area contributed by atoms with E-state index in [0.717, 1.165) is 56.0 Å². The lowest BCUT2D eigenvalue weighted by molar-refractivity contribution is 0.0748. The topological polar surface area (TPSA) is 98.8 Å². The number of aromatic hydroxyl groups is 1. The van der Waals surface area contributed by atoms with E-state index in [9.17, 15) is 14.7 Å². The Bertz CT molecular complexity index is 1210. The highest BCUT2D eigenvalue weighted by Crippen LogP contribution is 2.32. The molecule has 8 nitrogen and oxygen atoms in total. The molecule has 0 atom stereocenters. The van der Waals surface area contributed by atoms with Crippen molar-refractivity contribution >= 4 is 28.3 Å². The first-order chi connectivity index (χ1) is 16.0. The van der Waals surface area contributed by atoms with E-state index < -0.39 is 0 Å². The number of carbonyl (C=O) groups excluding carboxylic acids is 2. The molecule has 0 saturated carbocycles. The minimum absolute atomic E-state index is 0.0589. The van der Waals surface area contributed by atoms with Crippen LogP contribution in [0.25, 0.3) is 10.9 Å². The SMILES string of the molecule is CCCCC(=O)c1n[nH]c2cc(O)c(C(=O)N3Cc4ccc(N5CCOCC5)cc4C3)cc12. The maximum Gasteiger partial charge on any atom is 0.258 e. The molecule has 0 bridgehead atoms. The molecular weight excluding hydrogens is 420 g/mol. The van der Waals surface area contributed by atoms with Gasteiger partial charge in [-0.2, -0.15) is 5.10 Å². The average molecular weight is 449 g/mol. The lowest BCUT2D eigenvalue weighted by Gasteiger charge is -2.29. The number of phenolic OH excluding ortho intramolecular Hbond substituents is 1. The van der Waals surface area contributed by atoms with Crippen molar-refractivity contribution in [3.63, 3.8) is 0 Å². The Balaban J connectivity index is 1.38. The number of aromatic amines is 1. The number of nitrogens with zero attached hydrogens (tertiary/aromatic N) is 3. The molecular formula is C25H28N4O4. The number of nitrogens with one attached hydrogen (secondary N) is 1. The van der Waals surface area contributed by atoms with Gasteiger partial charge in [0.25, 0.3) is 5.91 Å². The second kappa shape index (κ2) is 8.86. The third kappa shape index (κ3) is 4.06. The summed E-state index contributed by atoms with van der Waals surface area (Å²) in [6.07, 6.45) is 2.12. The van der Waals surface area contributed by atoms with Crippen LogP contribution in [0.5, 0.6) is 5.75 Å². The second-order valence-electron chi connectivity index (χ2n) is 8.73. The van der Waals surface area contributed by atoms with E-state index in [-0.39, 0.29) is 23.0 Å². The molecule has 3 aromatic rings. The first-order valence-electron chi connectivity index (χ1n) is 11.5. The summed E-state index contributed by atoms with van der Waals surface area (Å²) in [5, 5.41) is 18.1. The van der Waals surface area contributed by atoms with Crippen LogP contribution in [0, 0.1) is 0 Å². The molecule has 5 rings (SSSR count). The Kier molecular flexibility index (Phi) is 5.76. The summed E-state index contributed by atoms with van der Waals surface area (Å²) < 4.78 is 5.44. The zero-order valence-corrected chi connectivity index (χ0v) is 18.8. The predicted molar refractivity (Wildman–Crippen MR) is 125 cm³/mol. The van der Waals surface area contributed by atoms with Gasteiger partial charge in [-0.3, -0.25) is 14.7 Å². The fourth-order valence-electron chi connectivity index (χ4n) is 4.61. The number of aromatic nitrogens is 2. The second-order valence-corrected chi connectivity index (χ2v) is 8.73. The highest BCUT2D eigenvalue weighted by Gasteiger charge is 2.28. The van der Waals surface area contributed by atoms with E-state index in [1.165, 1.54) is 6.07 Å². The molecule has 2 N–H and O–H groups in total. The van der Waals surface area contributed by atoms with E-state index in [1.807, 2.05) is 6.92 Å². The number of ketones is 1. The lowest BCUT2D eigenvalue weighted by atomic mass is 10.0. The molecule has 172 valence electrons. The molecule has 1 aromatic heterocycles. The number of fused-ring (bicyclic) bond motifs is 2. The highest BCUT2D eigenvalue weighted by molar-refractivity contribution is 6.09. The van der Waals surface area contributed by atoms with Gasteiger partial charge in [0.15, 0.2) is 5.78 Å². The summed E-state index contributed by atoms with van der Waals surface area (Å²) in [4.78, 5) is 30.0. The van der Waals surface area contributed by atoms with Crippen LogP contribution in [0.2, 0.25) is 0 Å². The lowest BCUT2D eigenvalue weighted by Crippen LogP contribution is -2.36. The number of amides is 1. The summed E-state index contributed by atoms with van der Waals surface area (Å²) in [5.41, 5.74) is 4.43. The normalized spacial score (nSPS) is 15.8. The van der Waals surface area contributed by atoms with Crippen molar-refractivity contribution in [3.05, 3.63) is 52.7 Å². The number of benzene rings is 2. The van der Waals surface area contributed by atoms with E-state index in [2.05, 4.69) is 33.3 Å². The molecule has 1 fully saturated rings. The summed E-state index contributed by atoms with van der Waals surface area (Å²) in [6, 6.07) is 9.40. The van der Waals surface area contributed by atoms with Crippen LogP contribution in [0.4, 0.5) is 5.69 Å². The van der Waals surface area contributed by atoms with Crippen molar-refractivity contribution in [1.29, 1.82) is 0 Å². The number of Topliss-reactive ketones (excluding diaryl/α,β-unsaturated/α-hetero) is 1. The summed E-state index contributed by atoms with van der Waals surface area (Å²) in [7, 11) is 0. The van der Waals surface area contributed by atoms with Crippen LogP contribution in [-0.4, -0.2) is 58.2 Å². The minimum Gasteiger partial charge on any atom is -0.507 e. The van der Waals surface area contributed by atoms with E-state index >= 15 is 0 Å². The Morgan fingerprint density at radius 2 is 1.91 bits per heavy atom. The molecule has 2 aliphatic rings. The van der Waals surface area contributed by atoms with Crippen LogP contribution in [0.1, 0.15) is 58.2 Å². The Hall–Kier alpha value is -3.39. The van der Waals surface area contributed by atoms with Gasteiger partial charge in [0.05, 0.1) is 24.3 Å². The van der Waals surface area contributed by atoms with Gasteiger partial charge >= 0.3 is 0 Å². The fourth-order valence-corrected chi connectivity index (χ4v) is 4.61. The Morgan fingerprint density at radius 3 is 2.70 bits per heavy atom. The highest BCUT2D eigenvalue weighted by atomic mass is 16.5. The van der Waals surface area contributed by atoms with Gasteiger partial charge in [0, 0.05) is 49.7 Å². The number of rotatable bonds is 6. The number of ether oxygens (including phenoxy) is 1. The van der Waals surface area contributed by atoms with Gasteiger partial charge in [-0.25, -0.2) is 0 Å². The molecule has 33 heavy (non-hydrogen) atoms. The van der Waals surface area contributed by atoms with Gasteiger partial charge in [0.1, 0.15) is 11.4 Å². The molecule has 1 amide bonds. The van der Waals surface area contributed by atoms with E-state index in [0.29, 0.717) is 36.1 Å². The summed E-state index contributed by atoms with van der Waals surface area (Å²) in [6.45, 7) is 6.17. The first kappa shape index (κ1) is 21.5. The number of carbonyl (C=O) groups is 2. The van der Waals surface area contributed by atoms with Crippen molar-refractivity contribution in [3.8, 4) is 5.75 Å². The van der Waals surface area contributed by atoms with Crippen molar-refractivity contribution in [1.82, 2.24) is 15.1 Å². The Labute approximate surface area is 192 Å². The van der Waals surface area contributed by atoms with Crippen LogP contribution in [0.3, 0.4) is 0 Å². The molecule has 2 aromatic carbocycles. The van der Waals surface area contributed by atoms with Gasteiger partial charge in [-0.05, 0) is 35.7 Å². The third-order valence-corrected chi connectivity index (χ3v) is 6.51. The van der Waals surface area contributed by atoms with Crippen LogP contribution in [-0.2, 0) is 17.8 Å². The summed E-state index contributed by atoms with van der Waals surface area (Å²) >= 11 is 0. The number of anilines is 1. The number of unbranched alkanes of at least 4 members (excludes halogenated alkanes) is 1. The zero-order valence-electron chi connectivity index (χ0n) is 18.8. The van der Waals surface area contributed by atoms with Gasteiger partial charge in [-0.1, -0.05) is 19.4 Å². The van der Waals surface area contributed by atoms with Gasteiger partial charge < -0.3 is 19.6 Å². The largest absolute Gasteiger partial charge is 0.507 e. The third-order valence-electron chi connectivity index (χ3n) is 6.51. The minimum atomic E-state index is -0.258. The standard InChI is InChI=1S/C25H28N4O4/c1-2-3-4-22(30)24-19-12-20(23(31)13-21(19)26-27-24)25(32)29-14-16-5-6-18(11-17(16)15-29)28-7-9-33-10-8-28/h5-6,11-13,31H,2-4,7-10,14-15H2,1H3,(H,26,27). The Morgan fingerprint density at radius 1 is 1.12 bits per heavy atom. The smallest absolute Gasteiger partial charge is 0.258 e. The molecule has 0 unspecified atom stereocenters. The fraction of sp³-hybridized carbons (Fsp3) is 0.400. The number of hydrogen-bond donors (Lipinski definition) is 2. The average Bonchev–Trinajstić information content (AvgIpc) is 3.45. The summed E-state index contributed by atoms with van der Waals surface area (Å²) in [5.74, 6) is -0.434. The number of H-pyrrole nitrogens is 1. The van der Waals surface area contributed by atoms with Crippen molar-refractivity contribution in [2.24, 2.45) is 0 Å². The van der Waals surface area contributed by atoms with Crippen molar-refractivity contribution < 1.29 is 19.4 Å². The molecule has 0 radical (unpaired) electrons. The molecule has 2 aliphatic heterocycles. The number of phenols is 1. The zero-order chi connectivity index (χ0) is 22.9. The number of morpholine rings is 1. The first-order valence-corrected chi connectivity index (χ1v) is 11.5.